The van der Waals surface area contributed by atoms with E-state index < -0.39 is 5.97 Å². The van der Waals surface area contributed by atoms with Crippen molar-refractivity contribution in [2.75, 3.05) is 6.54 Å². The first-order valence-corrected chi connectivity index (χ1v) is 12.4. The second kappa shape index (κ2) is 24.2. The molecule has 0 saturated heterocycles. The molecule has 0 N–H and O–H groups in total. The van der Waals surface area contributed by atoms with E-state index in [0.29, 0.717) is 12.1 Å². The van der Waals surface area contributed by atoms with E-state index in [4.69, 9.17) is 0 Å². The molecule has 0 bridgehead atoms. The summed E-state index contributed by atoms with van der Waals surface area (Å²) in [6.07, 6.45) is 24.9. The van der Waals surface area contributed by atoms with Gasteiger partial charge in [0, 0.05) is 18.6 Å². The number of unbranched alkanes of at least 4 members (excludes halogenated alkanes) is 4. The molecule has 0 saturated carbocycles. The zero-order valence-corrected chi connectivity index (χ0v) is 24.0. The van der Waals surface area contributed by atoms with Gasteiger partial charge in [0.15, 0.2) is 0 Å². The van der Waals surface area contributed by atoms with Crippen LogP contribution in [0, 0.1) is 0 Å². The van der Waals surface area contributed by atoms with Crippen molar-refractivity contribution in [3.8, 4) is 0 Å². The monoisotopic (exact) mass is 445 g/mol. The minimum atomic E-state index is -0.941. The van der Waals surface area contributed by atoms with Crippen molar-refractivity contribution < 1.29 is 61.3 Å². The van der Waals surface area contributed by atoms with Crippen LogP contribution in [0.5, 0.6) is 0 Å². The largest absolute Gasteiger partial charge is 1.00 e. The van der Waals surface area contributed by atoms with E-state index in [0.717, 1.165) is 64.2 Å². The summed E-state index contributed by atoms with van der Waals surface area (Å²) in [5.41, 5.74) is 0. The Hall–Kier alpha value is 0.546. The molecule has 4 heteroatoms. The Morgan fingerprint density at radius 3 is 1.43 bits per heavy atom. The predicted octanol–water partition coefficient (Wildman–Crippen LogP) is 3.43. The van der Waals surface area contributed by atoms with Crippen molar-refractivity contribution in [3.63, 3.8) is 0 Å². The molecule has 0 amide bonds. The van der Waals surface area contributed by atoms with Gasteiger partial charge in [-0.2, -0.15) is 0 Å². The summed E-state index contributed by atoms with van der Waals surface area (Å²) in [6.45, 7) is 8.90. The maximum absolute atomic E-state index is 11.5. The molecule has 0 fully saturated rings. The maximum atomic E-state index is 11.5. The molecule has 2 atom stereocenters. The molecule has 0 aromatic rings. The fourth-order valence-corrected chi connectivity index (χ4v) is 4.02. The van der Waals surface area contributed by atoms with Crippen LogP contribution in [0.2, 0.25) is 0 Å². The molecule has 0 spiro atoms. The van der Waals surface area contributed by atoms with Gasteiger partial charge in [-0.3, -0.25) is 4.90 Å². The number of hydrogen-bond donors (Lipinski definition) is 0. The van der Waals surface area contributed by atoms with Gasteiger partial charge in [-0.1, -0.05) is 90.5 Å². The standard InChI is InChI=1S/C26H49NO2.K/c1-5-9-11-13-15-17-21-24(19-7-3)27(23-26(28)29)25(20-8-4)22-18-16-14-12-10-6-2;/h13-16,24-25H,5-12,17-23H2,1-4H3,(H,28,29);/q;+1/p-1/b15-13+,16-14+;. The van der Waals surface area contributed by atoms with Crippen LogP contribution in [0.25, 0.3) is 0 Å². The van der Waals surface area contributed by atoms with Gasteiger partial charge in [0.25, 0.3) is 0 Å². The van der Waals surface area contributed by atoms with Gasteiger partial charge in [0.2, 0.25) is 0 Å². The van der Waals surface area contributed by atoms with Crippen molar-refractivity contribution in [3.05, 3.63) is 24.3 Å². The van der Waals surface area contributed by atoms with E-state index in [1.807, 2.05) is 0 Å². The summed E-state index contributed by atoms with van der Waals surface area (Å²) in [5.74, 6) is -0.941. The molecule has 0 radical (unpaired) electrons. The number of allylic oxidation sites excluding steroid dienone is 4. The summed E-state index contributed by atoms with van der Waals surface area (Å²) >= 11 is 0. The van der Waals surface area contributed by atoms with E-state index in [9.17, 15) is 9.90 Å². The summed E-state index contributed by atoms with van der Waals surface area (Å²) < 4.78 is 0. The summed E-state index contributed by atoms with van der Waals surface area (Å²) in [7, 11) is 0. The molecule has 2 unspecified atom stereocenters. The number of carboxylic acid groups (broad SMARTS) is 1. The molecule has 0 aromatic heterocycles. The molecule has 170 valence electrons. The van der Waals surface area contributed by atoms with Crippen LogP contribution >= 0.6 is 0 Å². The quantitative estimate of drug-likeness (QED) is 0.164. The fourth-order valence-electron chi connectivity index (χ4n) is 4.02. The number of nitrogens with zero attached hydrogens (tertiary/aromatic N) is 1. The molecule has 0 aliphatic heterocycles. The summed E-state index contributed by atoms with van der Waals surface area (Å²) in [4.78, 5) is 13.8. The third-order valence-electron chi connectivity index (χ3n) is 5.61. The molecule has 0 aromatic carbocycles. The van der Waals surface area contributed by atoms with Gasteiger partial charge in [-0.25, -0.2) is 0 Å². The Morgan fingerprint density at radius 1 is 0.700 bits per heavy atom. The first kappa shape index (κ1) is 32.7. The number of aliphatic carboxylic acids is 1. The van der Waals surface area contributed by atoms with Gasteiger partial charge in [-0.15, -0.1) is 0 Å². The average Bonchev–Trinajstić information content (AvgIpc) is 2.69. The van der Waals surface area contributed by atoms with Crippen LogP contribution in [0.15, 0.2) is 24.3 Å². The number of hydrogen-bond acceptors (Lipinski definition) is 3. The van der Waals surface area contributed by atoms with Gasteiger partial charge >= 0.3 is 51.4 Å². The van der Waals surface area contributed by atoms with Crippen LogP contribution in [0.1, 0.15) is 118 Å². The number of rotatable bonds is 20. The van der Waals surface area contributed by atoms with Crippen molar-refractivity contribution in [2.24, 2.45) is 0 Å². The average molecular weight is 446 g/mol. The Kier molecular flexibility index (Phi) is 26.4. The Bertz CT molecular complexity index is 405. The Balaban J connectivity index is 0. The van der Waals surface area contributed by atoms with Gasteiger partial charge in [0.1, 0.15) is 0 Å². The first-order chi connectivity index (χ1) is 14.1. The minimum absolute atomic E-state index is 0. The Labute approximate surface area is 230 Å². The second-order valence-corrected chi connectivity index (χ2v) is 8.31. The molecular weight excluding hydrogens is 397 g/mol. The topological polar surface area (TPSA) is 43.4 Å². The van der Waals surface area contributed by atoms with Crippen LogP contribution < -0.4 is 56.5 Å². The smallest absolute Gasteiger partial charge is 0.549 e. The van der Waals surface area contributed by atoms with Crippen LogP contribution in [0.3, 0.4) is 0 Å². The van der Waals surface area contributed by atoms with E-state index in [-0.39, 0.29) is 57.9 Å². The SMILES string of the molecule is CCCC/C=C/CCC(CCC)N(CC(=O)[O-])C(CCC)CC/C=C/CCCC.[K+]. The number of carbonyl (C=O) groups is 1. The zero-order valence-electron chi connectivity index (χ0n) is 20.8. The molecule has 3 nitrogen and oxygen atoms in total. The van der Waals surface area contributed by atoms with Gasteiger partial charge in [-0.05, 0) is 51.4 Å². The van der Waals surface area contributed by atoms with E-state index in [2.05, 4.69) is 56.9 Å². The second-order valence-electron chi connectivity index (χ2n) is 8.31. The summed E-state index contributed by atoms with van der Waals surface area (Å²) in [6, 6.07) is 0.656. The van der Waals surface area contributed by atoms with Crippen LogP contribution in [-0.2, 0) is 4.79 Å². The number of carbonyl (C=O) groups excluding carboxylic acids is 1. The van der Waals surface area contributed by atoms with Gasteiger partial charge in [0.05, 0.1) is 5.97 Å². The molecule has 0 rings (SSSR count). The van der Waals surface area contributed by atoms with Gasteiger partial charge < -0.3 is 9.90 Å². The molecular formula is C26H48KNO2. The minimum Gasteiger partial charge on any atom is -0.549 e. The van der Waals surface area contributed by atoms with E-state index in [1.54, 1.807) is 0 Å². The van der Waals surface area contributed by atoms with E-state index in [1.165, 1.54) is 25.7 Å². The van der Waals surface area contributed by atoms with E-state index >= 15 is 0 Å². The molecule has 0 heterocycles. The van der Waals surface area contributed by atoms with Crippen molar-refractivity contribution in [2.45, 2.75) is 130 Å². The predicted molar refractivity (Wildman–Crippen MR) is 125 cm³/mol. The fraction of sp³-hybridized carbons (Fsp3) is 0.808. The van der Waals surface area contributed by atoms with Crippen molar-refractivity contribution >= 4 is 5.97 Å². The van der Waals surface area contributed by atoms with Crippen LogP contribution in [-0.4, -0.2) is 29.5 Å². The maximum Gasteiger partial charge on any atom is 1.00 e. The first-order valence-electron chi connectivity index (χ1n) is 12.4. The third kappa shape index (κ3) is 18.1. The Morgan fingerprint density at radius 2 is 1.10 bits per heavy atom. The molecule has 0 aliphatic rings. The normalized spacial score (nSPS) is 13.8. The zero-order chi connectivity index (χ0) is 21.7. The molecule has 30 heavy (non-hydrogen) atoms. The van der Waals surface area contributed by atoms with Crippen LogP contribution in [0.4, 0.5) is 0 Å². The third-order valence-corrected chi connectivity index (χ3v) is 5.61. The molecule has 0 aliphatic carbocycles. The van der Waals surface area contributed by atoms with Crippen molar-refractivity contribution in [1.82, 2.24) is 4.90 Å². The summed E-state index contributed by atoms with van der Waals surface area (Å²) in [5, 5.41) is 11.5. The van der Waals surface area contributed by atoms with Crippen molar-refractivity contribution in [1.29, 1.82) is 0 Å². The number of carboxylic acids is 1.